The Morgan fingerprint density at radius 2 is 1.78 bits per heavy atom. The third-order valence-corrected chi connectivity index (χ3v) is 4.42. The smallest absolute Gasteiger partial charge is 0.0595 e. The van der Waals surface area contributed by atoms with Crippen LogP contribution >= 0.6 is 31.9 Å². The number of nitrogens with one attached hydrogen (secondary N) is 1. The van der Waals surface area contributed by atoms with Gasteiger partial charge in [-0.05, 0) is 65.2 Å². The quantitative estimate of drug-likeness (QED) is 0.837. The van der Waals surface area contributed by atoms with Crippen LogP contribution in [-0.4, -0.2) is 4.98 Å². The molecule has 0 radical (unpaired) electrons. The van der Waals surface area contributed by atoms with Crippen molar-refractivity contribution in [2.75, 3.05) is 5.32 Å². The number of pyridine rings is 1. The first kappa shape index (κ1) is 13.6. The fourth-order valence-electron chi connectivity index (χ4n) is 1.75. The lowest BCUT2D eigenvalue weighted by atomic mass is 10.1. The molecule has 18 heavy (non-hydrogen) atoms. The van der Waals surface area contributed by atoms with Crippen LogP contribution in [0, 0.1) is 13.8 Å². The summed E-state index contributed by atoms with van der Waals surface area (Å²) >= 11 is 6.95. The number of nitrogens with zero attached hydrogens (tertiary/aromatic N) is 1. The SMILES string of the molecule is Cc1cc(NCc2ccc(Br)cn2)cc(C)c1Br. The summed E-state index contributed by atoms with van der Waals surface area (Å²) in [5.74, 6) is 0. The molecule has 0 saturated carbocycles. The average Bonchev–Trinajstić information content (AvgIpc) is 2.35. The average molecular weight is 370 g/mol. The zero-order valence-corrected chi connectivity index (χ0v) is 13.5. The molecule has 0 atom stereocenters. The molecule has 1 aromatic heterocycles. The predicted octanol–water partition coefficient (Wildman–Crippen LogP) is 4.84. The van der Waals surface area contributed by atoms with Crippen LogP contribution in [-0.2, 0) is 6.54 Å². The Hall–Kier alpha value is -0.870. The molecule has 0 bridgehead atoms. The molecule has 2 rings (SSSR count). The summed E-state index contributed by atoms with van der Waals surface area (Å²) < 4.78 is 2.18. The molecule has 0 aliphatic rings. The van der Waals surface area contributed by atoms with Gasteiger partial charge < -0.3 is 5.32 Å². The van der Waals surface area contributed by atoms with E-state index >= 15 is 0 Å². The lowest BCUT2D eigenvalue weighted by Crippen LogP contribution is -2.02. The third kappa shape index (κ3) is 3.33. The van der Waals surface area contributed by atoms with Gasteiger partial charge >= 0.3 is 0 Å². The van der Waals surface area contributed by atoms with E-state index in [4.69, 9.17) is 0 Å². The maximum atomic E-state index is 4.34. The molecule has 0 spiro atoms. The minimum atomic E-state index is 0.730. The summed E-state index contributed by atoms with van der Waals surface area (Å²) in [4.78, 5) is 4.34. The zero-order valence-electron chi connectivity index (χ0n) is 10.3. The van der Waals surface area contributed by atoms with Crippen molar-refractivity contribution in [1.29, 1.82) is 0 Å². The minimum Gasteiger partial charge on any atom is -0.379 e. The normalized spacial score (nSPS) is 10.4. The standard InChI is InChI=1S/C14H14Br2N2/c1-9-5-13(6-10(2)14(9)16)18-8-12-4-3-11(15)7-17-12/h3-7,18H,8H2,1-2H3. The highest BCUT2D eigenvalue weighted by Crippen LogP contribution is 2.25. The molecule has 0 fully saturated rings. The van der Waals surface area contributed by atoms with E-state index in [0.717, 1.165) is 22.4 Å². The van der Waals surface area contributed by atoms with Gasteiger partial charge in [-0.1, -0.05) is 15.9 Å². The third-order valence-electron chi connectivity index (χ3n) is 2.70. The Morgan fingerprint density at radius 3 is 2.33 bits per heavy atom. The van der Waals surface area contributed by atoms with Crippen LogP contribution < -0.4 is 5.32 Å². The number of aryl methyl sites for hydroxylation is 2. The molecule has 0 amide bonds. The largest absolute Gasteiger partial charge is 0.379 e. The van der Waals surface area contributed by atoms with Gasteiger partial charge in [0.2, 0.25) is 0 Å². The van der Waals surface area contributed by atoms with Crippen LogP contribution in [0.1, 0.15) is 16.8 Å². The number of hydrogen-bond donors (Lipinski definition) is 1. The molecule has 0 aliphatic carbocycles. The van der Waals surface area contributed by atoms with Gasteiger partial charge in [-0.25, -0.2) is 0 Å². The first-order chi connectivity index (χ1) is 8.56. The monoisotopic (exact) mass is 368 g/mol. The molecular formula is C14H14Br2N2. The molecule has 1 N–H and O–H groups in total. The Labute approximate surface area is 124 Å². The highest BCUT2D eigenvalue weighted by molar-refractivity contribution is 9.10. The Morgan fingerprint density at radius 1 is 1.11 bits per heavy atom. The second-order valence-corrected chi connectivity index (χ2v) is 5.95. The molecule has 4 heteroatoms. The molecule has 0 unspecified atom stereocenters. The number of aromatic nitrogens is 1. The molecule has 2 aromatic rings. The number of benzene rings is 1. The Kier molecular flexibility index (Phi) is 4.40. The topological polar surface area (TPSA) is 24.9 Å². The van der Waals surface area contributed by atoms with Crippen molar-refractivity contribution in [1.82, 2.24) is 4.98 Å². The lowest BCUT2D eigenvalue weighted by molar-refractivity contribution is 1.04. The van der Waals surface area contributed by atoms with Crippen LogP contribution in [0.2, 0.25) is 0 Å². The van der Waals surface area contributed by atoms with Crippen LogP contribution in [0.5, 0.6) is 0 Å². The van der Waals surface area contributed by atoms with Gasteiger partial charge in [-0.3, -0.25) is 4.98 Å². The van der Waals surface area contributed by atoms with Gasteiger partial charge in [0.25, 0.3) is 0 Å². The highest BCUT2D eigenvalue weighted by atomic mass is 79.9. The van der Waals surface area contributed by atoms with E-state index in [0.29, 0.717) is 0 Å². The minimum absolute atomic E-state index is 0.730. The molecule has 94 valence electrons. The summed E-state index contributed by atoms with van der Waals surface area (Å²) in [5, 5.41) is 3.39. The Bertz CT molecular complexity index is 527. The fourth-order valence-corrected chi connectivity index (χ4v) is 2.22. The molecule has 2 nitrogen and oxygen atoms in total. The molecule has 0 aliphatic heterocycles. The number of rotatable bonds is 3. The van der Waals surface area contributed by atoms with Gasteiger partial charge in [-0.15, -0.1) is 0 Å². The van der Waals surface area contributed by atoms with Crippen LogP contribution in [0.3, 0.4) is 0 Å². The molecule has 1 heterocycles. The molecular weight excluding hydrogens is 356 g/mol. The predicted molar refractivity (Wildman–Crippen MR) is 82.9 cm³/mol. The maximum Gasteiger partial charge on any atom is 0.0595 e. The summed E-state index contributed by atoms with van der Waals surface area (Å²) in [6.07, 6.45) is 1.81. The van der Waals surface area contributed by atoms with Gasteiger partial charge in [0, 0.05) is 20.8 Å². The van der Waals surface area contributed by atoms with Gasteiger partial charge in [0.15, 0.2) is 0 Å². The van der Waals surface area contributed by atoms with E-state index in [2.05, 4.69) is 68.1 Å². The van der Waals surface area contributed by atoms with Gasteiger partial charge in [0.05, 0.1) is 12.2 Å². The van der Waals surface area contributed by atoms with Crippen molar-refractivity contribution in [3.8, 4) is 0 Å². The summed E-state index contributed by atoms with van der Waals surface area (Å²) in [7, 11) is 0. The van der Waals surface area contributed by atoms with E-state index < -0.39 is 0 Å². The van der Waals surface area contributed by atoms with Crippen molar-refractivity contribution < 1.29 is 0 Å². The summed E-state index contributed by atoms with van der Waals surface area (Å²) in [5.41, 5.74) is 4.62. The van der Waals surface area contributed by atoms with Gasteiger partial charge in [-0.2, -0.15) is 0 Å². The number of hydrogen-bond acceptors (Lipinski definition) is 2. The lowest BCUT2D eigenvalue weighted by Gasteiger charge is -2.10. The number of anilines is 1. The van der Waals surface area contributed by atoms with E-state index in [1.54, 1.807) is 0 Å². The van der Waals surface area contributed by atoms with Crippen molar-refractivity contribution >= 4 is 37.5 Å². The van der Waals surface area contributed by atoms with E-state index in [9.17, 15) is 0 Å². The fraction of sp³-hybridized carbons (Fsp3) is 0.214. The molecule has 0 saturated heterocycles. The van der Waals surface area contributed by atoms with Crippen LogP contribution in [0.15, 0.2) is 39.4 Å². The van der Waals surface area contributed by atoms with Crippen molar-refractivity contribution in [2.45, 2.75) is 20.4 Å². The van der Waals surface area contributed by atoms with Crippen molar-refractivity contribution in [3.63, 3.8) is 0 Å². The highest BCUT2D eigenvalue weighted by Gasteiger charge is 2.02. The zero-order chi connectivity index (χ0) is 13.1. The summed E-state index contributed by atoms with van der Waals surface area (Å²) in [6, 6.07) is 8.28. The van der Waals surface area contributed by atoms with E-state index in [1.165, 1.54) is 15.6 Å². The maximum absolute atomic E-state index is 4.34. The molecule has 1 aromatic carbocycles. The van der Waals surface area contributed by atoms with E-state index in [1.807, 2.05) is 18.3 Å². The van der Waals surface area contributed by atoms with Gasteiger partial charge in [0.1, 0.15) is 0 Å². The number of halogens is 2. The van der Waals surface area contributed by atoms with E-state index in [-0.39, 0.29) is 0 Å². The first-order valence-corrected chi connectivity index (χ1v) is 7.26. The van der Waals surface area contributed by atoms with Crippen molar-refractivity contribution in [2.24, 2.45) is 0 Å². The second-order valence-electron chi connectivity index (χ2n) is 4.25. The first-order valence-electron chi connectivity index (χ1n) is 5.67. The second kappa shape index (κ2) is 5.85. The summed E-state index contributed by atoms with van der Waals surface area (Å²) in [6.45, 7) is 4.92. The van der Waals surface area contributed by atoms with Crippen LogP contribution in [0.25, 0.3) is 0 Å². The van der Waals surface area contributed by atoms with Crippen LogP contribution in [0.4, 0.5) is 5.69 Å². The Balaban J connectivity index is 2.08. The van der Waals surface area contributed by atoms with Crippen molar-refractivity contribution in [3.05, 3.63) is 56.2 Å².